The zero-order valence-electron chi connectivity index (χ0n) is 11.8. The summed E-state index contributed by atoms with van der Waals surface area (Å²) in [5.74, 6) is 1.09. The maximum Gasteiger partial charge on any atom is 0.167 e. The van der Waals surface area contributed by atoms with Crippen molar-refractivity contribution in [2.75, 3.05) is 5.75 Å². The summed E-state index contributed by atoms with van der Waals surface area (Å²) in [5, 5.41) is 0.947. The first-order chi connectivity index (χ1) is 10.3. The van der Waals surface area contributed by atoms with E-state index < -0.39 is 0 Å². The Balaban J connectivity index is 1.91. The molecule has 3 rings (SSSR count). The molecule has 0 saturated heterocycles. The lowest BCUT2D eigenvalue weighted by molar-refractivity contribution is 0.893. The van der Waals surface area contributed by atoms with E-state index in [2.05, 4.69) is 34.5 Å². The van der Waals surface area contributed by atoms with Crippen molar-refractivity contribution in [3.05, 3.63) is 36.4 Å². The van der Waals surface area contributed by atoms with Gasteiger partial charge in [-0.2, -0.15) is 0 Å². The molecule has 0 aliphatic rings. The summed E-state index contributed by atoms with van der Waals surface area (Å²) in [5.41, 5.74) is 3.71. The van der Waals surface area contributed by atoms with Gasteiger partial charge in [0, 0.05) is 16.2 Å². The number of hydrogen-bond acceptors (Lipinski definition) is 4. The molecular formula is C16H17N3S2. The predicted octanol–water partition coefficient (Wildman–Crippen LogP) is 4.81. The smallest absolute Gasteiger partial charge is 0.167 e. The maximum absolute atomic E-state index is 4.67. The maximum atomic E-state index is 4.67. The van der Waals surface area contributed by atoms with Crippen LogP contribution in [0.5, 0.6) is 0 Å². The van der Waals surface area contributed by atoms with Gasteiger partial charge in [0.15, 0.2) is 10.8 Å². The first kappa shape index (κ1) is 14.5. The molecule has 0 bridgehead atoms. The van der Waals surface area contributed by atoms with E-state index >= 15 is 0 Å². The van der Waals surface area contributed by atoms with E-state index in [-0.39, 0.29) is 0 Å². The van der Waals surface area contributed by atoms with Crippen LogP contribution in [-0.4, -0.2) is 20.7 Å². The Bertz CT molecular complexity index is 752. The monoisotopic (exact) mass is 315 g/mol. The number of unbranched alkanes of at least 4 members (excludes halogenated alkanes) is 1. The van der Waals surface area contributed by atoms with E-state index in [1.165, 1.54) is 12.8 Å². The van der Waals surface area contributed by atoms with E-state index in [0.29, 0.717) is 0 Å². The van der Waals surface area contributed by atoms with Gasteiger partial charge in [-0.3, -0.25) is 0 Å². The summed E-state index contributed by atoms with van der Waals surface area (Å²) in [6.45, 7) is 2.20. The predicted molar refractivity (Wildman–Crippen MR) is 92.2 cm³/mol. The Hall–Kier alpha value is -1.46. The zero-order chi connectivity index (χ0) is 14.7. The van der Waals surface area contributed by atoms with Crippen molar-refractivity contribution in [2.45, 2.75) is 29.8 Å². The number of aromatic amines is 1. The van der Waals surface area contributed by atoms with E-state index in [1.54, 1.807) is 11.8 Å². The highest BCUT2D eigenvalue weighted by atomic mass is 32.2. The molecule has 3 nitrogen and oxygen atoms in total. The molecule has 2 heterocycles. The van der Waals surface area contributed by atoms with Crippen LogP contribution in [0, 0.1) is 0 Å². The summed E-state index contributed by atoms with van der Waals surface area (Å²) in [6.07, 6.45) is 2.40. The van der Waals surface area contributed by atoms with Gasteiger partial charge in [-0.05, 0) is 24.6 Å². The number of fused-ring (bicyclic) bond motifs is 1. The van der Waals surface area contributed by atoms with Gasteiger partial charge in [-0.1, -0.05) is 43.3 Å². The molecule has 0 atom stereocenters. The Kier molecular flexibility index (Phi) is 4.51. The van der Waals surface area contributed by atoms with Crippen molar-refractivity contribution < 1.29 is 0 Å². The normalized spacial score (nSPS) is 11.1. The van der Waals surface area contributed by atoms with Gasteiger partial charge in [0.2, 0.25) is 0 Å². The van der Waals surface area contributed by atoms with Gasteiger partial charge in [0.25, 0.3) is 0 Å². The van der Waals surface area contributed by atoms with Crippen molar-refractivity contribution in [3.8, 4) is 11.3 Å². The van der Waals surface area contributed by atoms with Crippen LogP contribution < -0.4 is 0 Å². The largest absolute Gasteiger partial charge is 0.318 e. The number of benzene rings is 1. The van der Waals surface area contributed by atoms with Crippen LogP contribution in [0.1, 0.15) is 19.8 Å². The summed E-state index contributed by atoms with van der Waals surface area (Å²) < 4.78 is 0. The number of aromatic nitrogens is 3. The molecule has 0 aliphatic carbocycles. The summed E-state index contributed by atoms with van der Waals surface area (Å²) >= 11 is 6.25. The lowest BCUT2D eigenvalue weighted by atomic mass is 10.1. The molecule has 1 aromatic carbocycles. The third-order valence-corrected chi connectivity index (χ3v) is 4.59. The van der Waals surface area contributed by atoms with Gasteiger partial charge in [-0.15, -0.1) is 12.6 Å². The molecule has 3 aromatic rings. The third-order valence-electron chi connectivity index (χ3n) is 3.24. The molecule has 5 heteroatoms. The SMILES string of the molecule is CCCCSc1nc2ccc(-c3ccccc3S)nc2[nH]1. The Morgan fingerprint density at radius 3 is 2.81 bits per heavy atom. The highest BCUT2D eigenvalue weighted by Gasteiger charge is 2.08. The fraction of sp³-hybridized carbons (Fsp3) is 0.250. The van der Waals surface area contributed by atoms with E-state index in [1.807, 2.05) is 36.4 Å². The molecule has 0 fully saturated rings. The Labute approximate surface area is 134 Å². The van der Waals surface area contributed by atoms with Gasteiger partial charge >= 0.3 is 0 Å². The van der Waals surface area contributed by atoms with Gasteiger partial charge in [-0.25, -0.2) is 9.97 Å². The van der Waals surface area contributed by atoms with Crippen LogP contribution in [0.2, 0.25) is 0 Å². The van der Waals surface area contributed by atoms with E-state index in [0.717, 1.165) is 38.2 Å². The molecule has 108 valence electrons. The summed E-state index contributed by atoms with van der Waals surface area (Å²) in [6, 6.07) is 12.0. The third kappa shape index (κ3) is 3.24. The highest BCUT2D eigenvalue weighted by molar-refractivity contribution is 7.99. The topological polar surface area (TPSA) is 41.6 Å². The zero-order valence-corrected chi connectivity index (χ0v) is 13.5. The average Bonchev–Trinajstić information content (AvgIpc) is 2.90. The molecule has 0 aliphatic heterocycles. The van der Waals surface area contributed by atoms with Crippen LogP contribution in [-0.2, 0) is 0 Å². The van der Waals surface area contributed by atoms with Crippen molar-refractivity contribution in [2.24, 2.45) is 0 Å². The van der Waals surface area contributed by atoms with Crippen LogP contribution in [0.3, 0.4) is 0 Å². The summed E-state index contributed by atoms with van der Waals surface area (Å²) in [7, 11) is 0. The number of rotatable bonds is 5. The number of pyridine rings is 1. The van der Waals surface area contributed by atoms with Gasteiger partial charge in [0.1, 0.15) is 5.52 Å². The average molecular weight is 315 g/mol. The van der Waals surface area contributed by atoms with Crippen molar-refractivity contribution >= 4 is 35.6 Å². The second-order valence-electron chi connectivity index (χ2n) is 4.83. The quantitative estimate of drug-likeness (QED) is 0.403. The molecular weight excluding hydrogens is 298 g/mol. The number of nitrogens with zero attached hydrogens (tertiary/aromatic N) is 2. The standard InChI is InChI=1S/C16H17N3S2/c1-2-3-10-21-16-18-13-9-8-12(17-15(13)19-16)11-6-4-5-7-14(11)20/h4-9,20H,2-3,10H2,1H3,(H,17,18,19). The van der Waals surface area contributed by atoms with E-state index in [4.69, 9.17) is 0 Å². The van der Waals surface area contributed by atoms with Gasteiger partial charge in [0.05, 0.1) is 5.69 Å². The minimum Gasteiger partial charge on any atom is -0.318 e. The number of nitrogens with one attached hydrogen (secondary N) is 1. The van der Waals surface area contributed by atoms with Crippen LogP contribution >= 0.6 is 24.4 Å². The lowest BCUT2D eigenvalue weighted by Crippen LogP contribution is -1.86. The Morgan fingerprint density at radius 1 is 1.14 bits per heavy atom. The molecule has 0 spiro atoms. The van der Waals surface area contributed by atoms with Crippen LogP contribution in [0.25, 0.3) is 22.4 Å². The fourth-order valence-corrected chi connectivity index (χ4v) is 3.33. The minimum atomic E-state index is 0.836. The van der Waals surface area contributed by atoms with Crippen LogP contribution in [0.4, 0.5) is 0 Å². The molecule has 0 unspecified atom stereocenters. The van der Waals surface area contributed by atoms with Crippen molar-refractivity contribution in [1.29, 1.82) is 0 Å². The number of thiol groups is 1. The highest BCUT2D eigenvalue weighted by Crippen LogP contribution is 2.27. The van der Waals surface area contributed by atoms with Crippen molar-refractivity contribution in [3.63, 3.8) is 0 Å². The number of thioether (sulfide) groups is 1. The first-order valence-corrected chi connectivity index (χ1v) is 8.49. The van der Waals surface area contributed by atoms with E-state index in [9.17, 15) is 0 Å². The number of hydrogen-bond donors (Lipinski definition) is 2. The molecule has 1 N–H and O–H groups in total. The lowest BCUT2D eigenvalue weighted by Gasteiger charge is -2.03. The molecule has 0 radical (unpaired) electrons. The molecule has 21 heavy (non-hydrogen) atoms. The number of H-pyrrole nitrogens is 1. The first-order valence-electron chi connectivity index (χ1n) is 7.06. The van der Waals surface area contributed by atoms with Gasteiger partial charge < -0.3 is 4.98 Å². The van der Waals surface area contributed by atoms with Crippen LogP contribution in [0.15, 0.2) is 46.5 Å². The van der Waals surface area contributed by atoms with Crippen molar-refractivity contribution in [1.82, 2.24) is 15.0 Å². The second kappa shape index (κ2) is 6.54. The Morgan fingerprint density at radius 2 is 2.00 bits per heavy atom. The fourth-order valence-electron chi connectivity index (χ4n) is 2.09. The number of imidazole rings is 1. The molecule has 0 amide bonds. The summed E-state index contributed by atoms with van der Waals surface area (Å²) in [4.78, 5) is 13.5. The molecule has 2 aromatic heterocycles. The minimum absolute atomic E-state index is 0.836. The second-order valence-corrected chi connectivity index (χ2v) is 6.39. The molecule has 0 saturated carbocycles.